The van der Waals surface area contributed by atoms with E-state index < -0.39 is 9.84 Å². The van der Waals surface area contributed by atoms with Crippen LogP contribution in [0.4, 0.5) is 5.69 Å². The Morgan fingerprint density at radius 1 is 1.20 bits per heavy atom. The molecule has 140 valence electrons. The molecular weight excluding hydrogens is 449 g/mol. The quantitative estimate of drug-likeness (QED) is 0.397. The molecule has 7 heteroatoms. The largest absolute Gasteiger partial charge is 0.370 e. The Morgan fingerprint density at radius 3 is 2.68 bits per heavy atom. The maximum Gasteiger partial charge on any atom is 0.193 e. The average molecular weight is 477 g/mol. The van der Waals surface area contributed by atoms with Gasteiger partial charge in [-0.3, -0.25) is 4.99 Å². The molecule has 1 aliphatic heterocycles. The second kappa shape index (κ2) is 9.21. The molecule has 1 aliphatic carbocycles. The standard InChI is InChI=1S/C18H27N3O2S.HI/c19-18(20-11-8-14-9-12-24(22,23)13-10-14)21-17-7-3-5-15-4-1-2-6-16(15)17;/h3,5,7,14H,1-2,4,6,8-13H2,(H3,19,20,21);1H. The van der Waals surface area contributed by atoms with Crippen LogP contribution in [0.3, 0.4) is 0 Å². The van der Waals surface area contributed by atoms with Gasteiger partial charge >= 0.3 is 0 Å². The molecule has 0 saturated carbocycles. The molecule has 3 rings (SSSR count). The first-order chi connectivity index (χ1) is 11.5. The van der Waals surface area contributed by atoms with Crippen molar-refractivity contribution in [1.82, 2.24) is 0 Å². The van der Waals surface area contributed by atoms with E-state index in [0.29, 0.717) is 29.9 Å². The van der Waals surface area contributed by atoms with Gasteiger partial charge in [0.1, 0.15) is 9.84 Å². The Balaban J connectivity index is 0.00000225. The number of aliphatic imine (C=N–C) groups is 1. The van der Waals surface area contributed by atoms with E-state index >= 15 is 0 Å². The topological polar surface area (TPSA) is 84.5 Å². The number of benzene rings is 1. The number of aryl methyl sites for hydroxylation is 1. The van der Waals surface area contributed by atoms with Crippen molar-refractivity contribution in [3.8, 4) is 0 Å². The highest BCUT2D eigenvalue weighted by Crippen LogP contribution is 2.27. The van der Waals surface area contributed by atoms with E-state index in [9.17, 15) is 8.42 Å². The van der Waals surface area contributed by atoms with Gasteiger partial charge in [0.05, 0.1) is 11.5 Å². The van der Waals surface area contributed by atoms with Gasteiger partial charge in [-0.05, 0) is 68.1 Å². The first-order valence-electron chi connectivity index (χ1n) is 8.92. The summed E-state index contributed by atoms with van der Waals surface area (Å²) in [5.41, 5.74) is 9.91. The van der Waals surface area contributed by atoms with Crippen LogP contribution in [-0.2, 0) is 22.7 Å². The molecule has 0 spiro atoms. The van der Waals surface area contributed by atoms with Crippen LogP contribution in [0.25, 0.3) is 0 Å². The molecule has 1 fully saturated rings. The minimum atomic E-state index is -2.78. The summed E-state index contributed by atoms with van der Waals surface area (Å²) in [4.78, 5) is 4.43. The molecule has 25 heavy (non-hydrogen) atoms. The number of guanidine groups is 1. The lowest BCUT2D eigenvalue weighted by molar-refractivity contribution is 0.441. The Hall–Kier alpha value is -0.830. The number of nitrogens with one attached hydrogen (secondary N) is 1. The minimum Gasteiger partial charge on any atom is -0.370 e. The Labute approximate surface area is 167 Å². The maximum absolute atomic E-state index is 11.4. The van der Waals surface area contributed by atoms with Gasteiger partial charge in [0.25, 0.3) is 0 Å². The van der Waals surface area contributed by atoms with Crippen LogP contribution >= 0.6 is 24.0 Å². The summed E-state index contributed by atoms with van der Waals surface area (Å²) in [5.74, 6) is 1.56. The molecule has 0 atom stereocenters. The normalized spacial score (nSPS) is 20.4. The third kappa shape index (κ3) is 5.84. The molecule has 2 aliphatic rings. The summed E-state index contributed by atoms with van der Waals surface area (Å²) in [6.45, 7) is 0.651. The van der Waals surface area contributed by atoms with E-state index in [1.807, 2.05) is 0 Å². The van der Waals surface area contributed by atoms with Crippen molar-refractivity contribution in [1.29, 1.82) is 0 Å². The number of nitrogens with zero attached hydrogens (tertiary/aromatic N) is 1. The molecule has 0 unspecified atom stereocenters. The van der Waals surface area contributed by atoms with Crippen molar-refractivity contribution in [2.75, 3.05) is 23.4 Å². The zero-order chi connectivity index (χ0) is 17.0. The highest BCUT2D eigenvalue weighted by molar-refractivity contribution is 14.0. The molecular formula is C18H28IN3O2S. The van der Waals surface area contributed by atoms with Gasteiger partial charge in [0, 0.05) is 12.2 Å². The Bertz CT molecular complexity index is 705. The third-order valence-electron chi connectivity index (χ3n) is 5.15. The van der Waals surface area contributed by atoms with Crippen LogP contribution in [0, 0.1) is 5.92 Å². The number of fused-ring (bicyclic) bond motifs is 1. The lowest BCUT2D eigenvalue weighted by Crippen LogP contribution is -2.26. The van der Waals surface area contributed by atoms with Crippen LogP contribution < -0.4 is 11.1 Å². The number of sulfone groups is 1. The fourth-order valence-corrected chi connectivity index (χ4v) is 5.26. The minimum absolute atomic E-state index is 0. The molecule has 0 radical (unpaired) electrons. The van der Waals surface area contributed by atoms with Gasteiger partial charge in [-0.15, -0.1) is 24.0 Å². The van der Waals surface area contributed by atoms with Crippen molar-refractivity contribution < 1.29 is 8.42 Å². The number of rotatable bonds is 4. The van der Waals surface area contributed by atoms with Crippen molar-refractivity contribution in [3.05, 3.63) is 29.3 Å². The fraction of sp³-hybridized carbons (Fsp3) is 0.611. The molecule has 0 amide bonds. The lowest BCUT2D eigenvalue weighted by Gasteiger charge is -2.21. The molecule has 1 saturated heterocycles. The third-order valence-corrected chi connectivity index (χ3v) is 6.87. The predicted molar refractivity (Wildman–Crippen MR) is 115 cm³/mol. The molecule has 5 nitrogen and oxygen atoms in total. The van der Waals surface area contributed by atoms with Gasteiger partial charge in [-0.1, -0.05) is 12.1 Å². The summed E-state index contributed by atoms with van der Waals surface area (Å²) >= 11 is 0. The molecule has 1 heterocycles. The SMILES string of the molecule is I.NC(=NCCC1CCS(=O)(=O)CC1)Nc1cccc2c1CCCC2. The van der Waals surface area contributed by atoms with Crippen LogP contribution in [0.5, 0.6) is 0 Å². The number of hydrogen-bond acceptors (Lipinski definition) is 3. The number of halogens is 1. The number of nitrogens with two attached hydrogens (primary N) is 1. The van der Waals surface area contributed by atoms with Gasteiger partial charge in [-0.2, -0.15) is 0 Å². The van der Waals surface area contributed by atoms with Crippen molar-refractivity contribution in [3.63, 3.8) is 0 Å². The molecule has 3 N–H and O–H groups in total. The number of hydrogen-bond donors (Lipinski definition) is 2. The summed E-state index contributed by atoms with van der Waals surface area (Å²) in [5, 5.41) is 3.25. The molecule has 0 aromatic heterocycles. The second-order valence-corrected chi connectivity index (χ2v) is 9.23. The Kier molecular flexibility index (Phi) is 7.54. The summed E-state index contributed by atoms with van der Waals surface area (Å²) in [6, 6.07) is 6.34. The molecule has 0 bridgehead atoms. The zero-order valence-electron chi connectivity index (χ0n) is 14.5. The van der Waals surface area contributed by atoms with Crippen molar-refractivity contribution >= 4 is 45.5 Å². The number of anilines is 1. The predicted octanol–water partition coefficient (Wildman–Crippen LogP) is 3.12. The Morgan fingerprint density at radius 2 is 1.92 bits per heavy atom. The average Bonchev–Trinajstić information content (AvgIpc) is 2.57. The smallest absolute Gasteiger partial charge is 0.193 e. The monoisotopic (exact) mass is 477 g/mol. The van der Waals surface area contributed by atoms with Gasteiger partial charge in [0.2, 0.25) is 0 Å². The van der Waals surface area contributed by atoms with Gasteiger partial charge < -0.3 is 11.1 Å². The van der Waals surface area contributed by atoms with E-state index in [1.165, 1.54) is 24.0 Å². The summed E-state index contributed by atoms with van der Waals surface area (Å²) < 4.78 is 22.9. The van der Waals surface area contributed by atoms with Gasteiger partial charge in [-0.25, -0.2) is 8.42 Å². The first-order valence-corrected chi connectivity index (χ1v) is 10.7. The zero-order valence-corrected chi connectivity index (χ0v) is 17.7. The van der Waals surface area contributed by atoms with E-state index in [4.69, 9.17) is 5.73 Å². The van der Waals surface area contributed by atoms with E-state index in [1.54, 1.807) is 0 Å². The van der Waals surface area contributed by atoms with Crippen molar-refractivity contribution in [2.24, 2.45) is 16.6 Å². The van der Waals surface area contributed by atoms with Crippen LogP contribution in [0.15, 0.2) is 23.2 Å². The first kappa shape index (κ1) is 20.5. The highest BCUT2D eigenvalue weighted by atomic mass is 127. The van der Waals surface area contributed by atoms with Crippen molar-refractivity contribution in [2.45, 2.75) is 44.9 Å². The maximum atomic E-state index is 11.4. The van der Waals surface area contributed by atoms with Crippen LogP contribution in [0.2, 0.25) is 0 Å². The van der Waals surface area contributed by atoms with E-state index in [-0.39, 0.29) is 24.0 Å². The van der Waals surface area contributed by atoms with E-state index in [2.05, 4.69) is 28.5 Å². The second-order valence-electron chi connectivity index (χ2n) is 6.93. The molecule has 1 aromatic rings. The van der Waals surface area contributed by atoms with Crippen LogP contribution in [-0.4, -0.2) is 32.4 Å². The van der Waals surface area contributed by atoms with E-state index in [0.717, 1.165) is 37.8 Å². The van der Waals surface area contributed by atoms with Crippen LogP contribution in [0.1, 0.15) is 43.2 Å². The highest BCUT2D eigenvalue weighted by Gasteiger charge is 2.23. The summed E-state index contributed by atoms with van der Waals surface area (Å²) in [6.07, 6.45) is 7.17. The summed E-state index contributed by atoms with van der Waals surface area (Å²) in [7, 11) is -2.78. The van der Waals surface area contributed by atoms with Gasteiger partial charge in [0.15, 0.2) is 5.96 Å². The fourth-order valence-electron chi connectivity index (χ4n) is 3.67. The lowest BCUT2D eigenvalue weighted by atomic mass is 9.90. The molecule has 1 aromatic carbocycles.